The van der Waals surface area contributed by atoms with Crippen molar-refractivity contribution in [3.05, 3.63) is 35.9 Å². The summed E-state index contributed by atoms with van der Waals surface area (Å²) in [5.74, 6) is 0.0419. The van der Waals surface area contributed by atoms with Crippen LogP contribution in [0.15, 0.2) is 30.3 Å². The van der Waals surface area contributed by atoms with Crippen molar-refractivity contribution >= 4 is 15.9 Å². The number of amides is 1. The Morgan fingerprint density at radius 2 is 1.86 bits per heavy atom. The summed E-state index contributed by atoms with van der Waals surface area (Å²) in [4.78, 5) is 13.7. The number of hydrogen-bond donors (Lipinski definition) is 1. The normalized spacial score (nSPS) is 19.7. The number of rotatable bonds is 5. The minimum atomic E-state index is -3.38. The van der Waals surface area contributed by atoms with Crippen LogP contribution in [0.5, 0.6) is 0 Å². The molecule has 1 saturated heterocycles. The van der Waals surface area contributed by atoms with Crippen molar-refractivity contribution < 1.29 is 13.2 Å². The van der Waals surface area contributed by atoms with Crippen LogP contribution in [0.3, 0.4) is 0 Å². The van der Waals surface area contributed by atoms with Crippen LogP contribution >= 0.6 is 0 Å². The van der Waals surface area contributed by atoms with Crippen LogP contribution in [0.2, 0.25) is 0 Å². The van der Waals surface area contributed by atoms with Crippen molar-refractivity contribution in [2.75, 3.05) is 12.3 Å². The molecular weight excluding hydrogens is 300 g/mol. The molecule has 1 aromatic carbocycles. The lowest BCUT2D eigenvalue weighted by molar-refractivity contribution is -0.131. The van der Waals surface area contributed by atoms with Crippen molar-refractivity contribution in [2.24, 2.45) is 0 Å². The molecule has 1 unspecified atom stereocenters. The van der Waals surface area contributed by atoms with Crippen molar-refractivity contribution in [3.63, 3.8) is 0 Å². The molecule has 0 aromatic heterocycles. The van der Waals surface area contributed by atoms with E-state index in [2.05, 4.69) is 4.72 Å². The Labute approximate surface area is 132 Å². The number of nitrogens with one attached hydrogen (secondary N) is 1. The van der Waals surface area contributed by atoms with E-state index in [4.69, 9.17) is 0 Å². The molecule has 6 heteroatoms. The lowest BCUT2D eigenvalue weighted by Crippen LogP contribution is -2.45. The average Bonchev–Trinajstić information content (AvgIpc) is 2.78. The molecule has 1 aliphatic rings. The van der Waals surface area contributed by atoms with E-state index in [1.807, 2.05) is 51.1 Å². The highest BCUT2D eigenvalue weighted by molar-refractivity contribution is 7.89. The third kappa shape index (κ3) is 4.55. The van der Waals surface area contributed by atoms with E-state index in [1.165, 1.54) is 0 Å². The van der Waals surface area contributed by atoms with Gasteiger partial charge < -0.3 is 4.90 Å². The van der Waals surface area contributed by atoms with E-state index in [9.17, 15) is 13.2 Å². The van der Waals surface area contributed by atoms with Gasteiger partial charge in [0.25, 0.3) is 0 Å². The van der Waals surface area contributed by atoms with E-state index in [1.54, 1.807) is 4.90 Å². The molecule has 22 heavy (non-hydrogen) atoms. The first-order chi connectivity index (χ1) is 10.2. The number of sulfonamides is 1. The monoisotopic (exact) mass is 324 g/mol. The molecule has 1 fully saturated rings. The number of likely N-dealkylation sites (tertiary alicyclic amines) is 1. The molecule has 1 aliphatic heterocycles. The molecule has 1 amide bonds. The molecule has 5 nitrogen and oxygen atoms in total. The molecule has 0 aliphatic carbocycles. The van der Waals surface area contributed by atoms with Crippen molar-refractivity contribution in [1.82, 2.24) is 9.62 Å². The van der Waals surface area contributed by atoms with Gasteiger partial charge in [-0.1, -0.05) is 30.3 Å². The summed E-state index contributed by atoms with van der Waals surface area (Å²) in [7, 11) is -3.38. The molecule has 0 saturated carbocycles. The maximum atomic E-state index is 12.2. The number of nitrogens with zero attached hydrogens (tertiary/aromatic N) is 1. The van der Waals surface area contributed by atoms with E-state index >= 15 is 0 Å². The van der Waals surface area contributed by atoms with Crippen molar-refractivity contribution in [3.8, 4) is 0 Å². The molecule has 2 rings (SSSR count). The summed E-state index contributed by atoms with van der Waals surface area (Å²) in [6.45, 7) is 6.30. The highest BCUT2D eigenvalue weighted by Crippen LogP contribution is 2.22. The third-order valence-electron chi connectivity index (χ3n) is 3.78. The van der Waals surface area contributed by atoms with Gasteiger partial charge in [0, 0.05) is 24.5 Å². The zero-order valence-corrected chi connectivity index (χ0v) is 14.2. The number of aryl methyl sites for hydroxylation is 1. The van der Waals surface area contributed by atoms with E-state index < -0.39 is 10.0 Å². The van der Waals surface area contributed by atoms with Crippen LogP contribution in [-0.2, 0) is 21.2 Å². The van der Waals surface area contributed by atoms with Gasteiger partial charge in [0.1, 0.15) is 0 Å². The Balaban J connectivity index is 1.91. The van der Waals surface area contributed by atoms with E-state index in [0.717, 1.165) is 5.56 Å². The standard InChI is InChI=1S/C16H24N2O3S/c1-16(2,3)18-12-14(11-15(18)19)17-22(20,21)10-9-13-7-5-4-6-8-13/h4-8,14,17H,9-12H2,1-3H3. The maximum Gasteiger partial charge on any atom is 0.224 e. The minimum absolute atomic E-state index is 0.00302. The zero-order valence-electron chi connectivity index (χ0n) is 13.4. The van der Waals surface area contributed by atoms with Crippen LogP contribution < -0.4 is 4.72 Å². The summed E-state index contributed by atoms with van der Waals surface area (Å²) < 4.78 is 27.0. The zero-order chi connectivity index (χ0) is 16.4. The van der Waals surface area contributed by atoms with Gasteiger partial charge in [-0.25, -0.2) is 13.1 Å². The van der Waals surface area contributed by atoms with Gasteiger partial charge in [-0.05, 0) is 32.8 Å². The van der Waals surface area contributed by atoms with Crippen LogP contribution in [0, 0.1) is 0 Å². The minimum Gasteiger partial charge on any atom is -0.336 e. The van der Waals surface area contributed by atoms with Gasteiger partial charge in [-0.2, -0.15) is 0 Å². The van der Waals surface area contributed by atoms with Crippen molar-refractivity contribution in [1.29, 1.82) is 0 Å². The number of carbonyl (C=O) groups excluding carboxylic acids is 1. The van der Waals surface area contributed by atoms with Gasteiger partial charge in [-0.15, -0.1) is 0 Å². The fourth-order valence-electron chi connectivity index (χ4n) is 2.64. The van der Waals surface area contributed by atoms with Crippen LogP contribution in [0.1, 0.15) is 32.8 Å². The highest BCUT2D eigenvalue weighted by Gasteiger charge is 2.37. The molecule has 1 aromatic rings. The molecular formula is C16H24N2O3S. The summed E-state index contributed by atoms with van der Waals surface area (Å²) >= 11 is 0. The SMILES string of the molecule is CC(C)(C)N1CC(NS(=O)(=O)CCc2ccccc2)CC1=O. The molecule has 122 valence electrons. The largest absolute Gasteiger partial charge is 0.336 e. The second-order valence-corrected chi connectivity index (χ2v) is 8.62. The molecule has 1 heterocycles. The second-order valence-electron chi connectivity index (χ2n) is 6.75. The van der Waals surface area contributed by atoms with Crippen LogP contribution in [0.4, 0.5) is 0 Å². The highest BCUT2D eigenvalue weighted by atomic mass is 32.2. The predicted molar refractivity (Wildman–Crippen MR) is 86.9 cm³/mol. The Kier molecular flexibility index (Phi) is 4.92. The first-order valence-corrected chi connectivity index (χ1v) is 9.17. The Bertz CT molecular complexity index is 621. The number of carbonyl (C=O) groups is 1. The maximum absolute atomic E-state index is 12.2. The van der Waals surface area contributed by atoms with Gasteiger partial charge in [0.15, 0.2) is 0 Å². The third-order valence-corrected chi connectivity index (χ3v) is 5.22. The predicted octanol–water partition coefficient (Wildman–Crippen LogP) is 1.55. The Morgan fingerprint density at radius 3 is 2.41 bits per heavy atom. The van der Waals surface area contributed by atoms with Gasteiger partial charge in [0.05, 0.1) is 5.75 Å². The topological polar surface area (TPSA) is 66.5 Å². The molecule has 0 bridgehead atoms. The van der Waals surface area contributed by atoms with Gasteiger partial charge in [0.2, 0.25) is 15.9 Å². The fourth-order valence-corrected chi connectivity index (χ4v) is 3.93. The summed E-state index contributed by atoms with van der Waals surface area (Å²) in [6.07, 6.45) is 0.710. The van der Waals surface area contributed by atoms with Crippen LogP contribution in [0.25, 0.3) is 0 Å². The fraction of sp³-hybridized carbons (Fsp3) is 0.562. The molecule has 0 spiro atoms. The smallest absolute Gasteiger partial charge is 0.224 e. The summed E-state index contributed by atoms with van der Waals surface area (Å²) in [6, 6.07) is 9.19. The molecule has 1 N–H and O–H groups in total. The quantitative estimate of drug-likeness (QED) is 0.893. The molecule has 0 radical (unpaired) electrons. The number of hydrogen-bond acceptors (Lipinski definition) is 3. The number of benzene rings is 1. The van der Waals surface area contributed by atoms with E-state index in [-0.39, 0.29) is 29.7 Å². The Hall–Kier alpha value is -1.40. The lowest BCUT2D eigenvalue weighted by Gasteiger charge is -2.32. The van der Waals surface area contributed by atoms with Crippen LogP contribution in [-0.4, -0.2) is 43.1 Å². The van der Waals surface area contributed by atoms with E-state index in [0.29, 0.717) is 13.0 Å². The average molecular weight is 324 g/mol. The second kappa shape index (κ2) is 6.38. The van der Waals surface area contributed by atoms with Gasteiger partial charge in [-0.3, -0.25) is 4.79 Å². The lowest BCUT2D eigenvalue weighted by atomic mass is 10.1. The Morgan fingerprint density at radius 1 is 1.23 bits per heavy atom. The van der Waals surface area contributed by atoms with Gasteiger partial charge >= 0.3 is 0 Å². The first kappa shape index (κ1) is 17.0. The summed E-state index contributed by atoms with van der Waals surface area (Å²) in [5, 5.41) is 0. The summed E-state index contributed by atoms with van der Waals surface area (Å²) in [5.41, 5.74) is 0.716. The molecule has 1 atom stereocenters. The first-order valence-electron chi connectivity index (χ1n) is 7.52. The van der Waals surface area contributed by atoms with Crippen molar-refractivity contribution in [2.45, 2.75) is 45.2 Å².